The van der Waals surface area contributed by atoms with Gasteiger partial charge in [-0.25, -0.2) is 0 Å². The lowest BCUT2D eigenvalue weighted by molar-refractivity contribution is -0.516. The molecule has 6 aliphatic rings. The van der Waals surface area contributed by atoms with E-state index in [1.807, 2.05) is 0 Å². The molecular weight excluding hydrogens is 288 g/mol. The molecule has 6 aliphatic carbocycles. The van der Waals surface area contributed by atoms with Crippen LogP contribution in [0.15, 0.2) is 0 Å². The molecule has 0 aromatic rings. The maximum Gasteiger partial charge on any atom is 0.312 e. The smallest absolute Gasteiger partial charge is 0.312 e. The fourth-order valence-corrected chi connectivity index (χ4v) is 7.60. The number of hydrogen-bond donors (Lipinski definition) is 0. The normalized spacial score (nSPS) is 57.1. The molecule has 0 spiro atoms. The van der Waals surface area contributed by atoms with Gasteiger partial charge in [0.15, 0.2) is 0 Å². The van der Waals surface area contributed by atoms with Gasteiger partial charge in [0.2, 0.25) is 0 Å². The number of methoxy groups -OCH3 is 3. The van der Waals surface area contributed by atoms with Crippen molar-refractivity contribution in [3.63, 3.8) is 0 Å². The van der Waals surface area contributed by atoms with Gasteiger partial charge in [-0.3, -0.25) is 14.4 Å². The van der Waals surface area contributed by atoms with Crippen molar-refractivity contribution in [1.29, 1.82) is 0 Å². The number of hydrogen-bond acceptors (Lipinski definition) is 6. The van der Waals surface area contributed by atoms with Crippen LogP contribution >= 0.6 is 0 Å². The van der Waals surface area contributed by atoms with Crippen LogP contribution in [0.4, 0.5) is 0 Å². The van der Waals surface area contributed by atoms with Crippen molar-refractivity contribution < 1.29 is 28.6 Å². The Kier molecular flexibility index (Phi) is 2.05. The van der Waals surface area contributed by atoms with Gasteiger partial charge in [0.1, 0.15) is 0 Å². The van der Waals surface area contributed by atoms with Crippen molar-refractivity contribution in [3.8, 4) is 0 Å². The molecule has 0 saturated heterocycles. The van der Waals surface area contributed by atoms with E-state index in [-0.39, 0.29) is 47.0 Å². The summed E-state index contributed by atoms with van der Waals surface area (Å²) in [5, 5.41) is 0. The van der Waals surface area contributed by atoms with E-state index in [4.69, 9.17) is 14.2 Å². The average molecular weight is 306 g/mol. The molecule has 0 radical (unpaired) electrons. The highest BCUT2D eigenvalue weighted by atomic mass is 16.5. The number of fused-ring (bicyclic) bond motifs is 1. The zero-order valence-corrected chi connectivity index (χ0v) is 12.6. The van der Waals surface area contributed by atoms with Crippen LogP contribution in [0.3, 0.4) is 0 Å². The van der Waals surface area contributed by atoms with Gasteiger partial charge in [-0.2, -0.15) is 0 Å². The van der Waals surface area contributed by atoms with Crippen LogP contribution in [0.25, 0.3) is 0 Å². The lowest BCUT2D eigenvalue weighted by atomic mass is 9.04. The highest BCUT2D eigenvalue weighted by molar-refractivity contribution is 5.90. The first kappa shape index (κ1) is 12.9. The molecule has 6 atom stereocenters. The highest BCUT2D eigenvalue weighted by Crippen LogP contribution is 2.98. The minimum atomic E-state index is -0.455. The van der Waals surface area contributed by atoms with Crippen molar-refractivity contribution in [2.45, 2.75) is 0 Å². The Morgan fingerprint density at radius 3 is 1.59 bits per heavy atom. The number of esters is 3. The molecule has 118 valence electrons. The van der Waals surface area contributed by atoms with E-state index in [2.05, 4.69) is 0 Å². The SMILES string of the molecule is COC(=O)[C@@H]1C2[C@@H]3[C@@H]4C([C@@H]5C4C3(C(=O)OC)[C@H]25)[C@@H]1C(=O)OC. The van der Waals surface area contributed by atoms with Crippen molar-refractivity contribution in [3.05, 3.63) is 0 Å². The lowest BCUT2D eigenvalue weighted by Gasteiger charge is -2.97. The molecule has 0 aromatic heterocycles. The first-order valence-electron chi connectivity index (χ1n) is 7.81. The topological polar surface area (TPSA) is 78.9 Å². The molecule has 0 amide bonds. The van der Waals surface area contributed by atoms with E-state index in [0.717, 1.165) is 0 Å². The van der Waals surface area contributed by atoms with E-state index in [1.54, 1.807) is 0 Å². The number of carbonyl (C=O) groups is 3. The second-order valence-corrected chi connectivity index (χ2v) is 7.41. The first-order chi connectivity index (χ1) is 10.6. The monoisotopic (exact) mass is 306 g/mol. The summed E-state index contributed by atoms with van der Waals surface area (Å²) in [6, 6.07) is 0. The van der Waals surface area contributed by atoms with Gasteiger partial charge in [0.25, 0.3) is 0 Å². The first-order valence-corrected chi connectivity index (χ1v) is 7.81. The maximum atomic E-state index is 12.3. The average Bonchev–Trinajstić information content (AvgIpc) is 2.52. The van der Waals surface area contributed by atoms with Crippen molar-refractivity contribution in [2.75, 3.05) is 21.3 Å². The molecule has 6 nitrogen and oxygen atoms in total. The Hall–Kier alpha value is -1.59. The highest BCUT2D eigenvalue weighted by Gasteiger charge is 3.01. The minimum Gasteiger partial charge on any atom is -0.469 e. The van der Waals surface area contributed by atoms with Gasteiger partial charge in [-0.15, -0.1) is 0 Å². The van der Waals surface area contributed by atoms with Crippen molar-refractivity contribution in [2.24, 2.45) is 58.7 Å². The molecule has 0 aromatic carbocycles. The minimum absolute atomic E-state index is 0.0839. The van der Waals surface area contributed by atoms with Crippen LogP contribution in [0.1, 0.15) is 0 Å². The summed E-state index contributed by atoms with van der Waals surface area (Å²) < 4.78 is 14.9. The van der Waals surface area contributed by atoms with Gasteiger partial charge < -0.3 is 14.2 Å². The van der Waals surface area contributed by atoms with Crippen LogP contribution in [-0.2, 0) is 28.6 Å². The summed E-state index contributed by atoms with van der Waals surface area (Å²) in [7, 11) is 4.16. The van der Waals surface area contributed by atoms with E-state index in [9.17, 15) is 14.4 Å². The molecular formula is C16H18O6. The van der Waals surface area contributed by atoms with Gasteiger partial charge >= 0.3 is 17.9 Å². The zero-order valence-electron chi connectivity index (χ0n) is 12.6. The maximum absolute atomic E-state index is 12.3. The van der Waals surface area contributed by atoms with Crippen molar-refractivity contribution >= 4 is 17.9 Å². The Bertz CT molecular complexity index is 602. The third-order valence-electron chi connectivity index (χ3n) is 7.73. The molecule has 0 unspecified atom stereocenters. The molecule has 0 aliphatic heterocycles. The van der Waals surface area contributed by atoms with Gasteiger partial charge in [-0.05, 0) is 41.4 Å². The number of ether oxygens (including phenoxy) is 3. The van der Waals surface area contributed by atoms with Gasteiger partial charge in [0.05, 0.1) is 38.6 Å². The second-order valence-electron chi connectivity index (χ2n) is 7.41. The van der Waals surface area contributed by atoms with Gasteiger partial charge in [0, 0.05) is 0 Å². The van der Waals surface area contributed by atoms with E-state index in [0.29, 0.717) is 17.8 Å². The fourth-order valence-electron chi connectivity index (χ4n) is 7.60. The van der Waals surface area contributed by atoms with Crippen LogP contribution in [0, 0.1) is 58.7 Å². The Balaban J connectivity index is 1.55. The largest absolute Gasteiger partial charge is 0.469 e. The van der Waals surface area contributed by atoms with Crippen LogP contribution in [-0.4, -0.2) is 39.2 Å². The Morgan fingerprint density at radius 1 is 0.682 bits per heavy atom. The van der Waals surface area contributed by atoms with Crippen LogP contribution < -0.4 is 0 Å². The summed E-state index contributed by atoms with van der Waals surface area (Å²) in [6.07, 6.45) is 0. The quantitative estimate of drug-likeness (QED) is 0.544. The summed E-state index contributed by atoms with van der Waals surface area (Å²) >= 11 is 0. The van der Waals surface area contributed by atoms with Crippen molar-refractivity contribution in [1.82, 2.24) is 0 Å². The fraction of sp³-hybridized carbons (Fsp3) is 0.812. The lowest BCUT2D eigenvalue weighted by Crippen LogP contribution is -3.00. The molecule has 6 heteroatoms. The zero-order chi connectivity index (χ0) is 15.5. The third-order valence-corrected chi connectivity index (χ3v) is 7.73. The molecule has 0 N–H and O–H groups in total. The Morgan fingerprint density at radius 2 is 1.14 bits per heavy atom. The predicted molar refractivity (Wildman–Crippen MR) is 69.9 cm³/mol. The van der Waals surface area contributed by atoms with E-state index >= 15 is 0 Å². The van der Waals surface area contributed by atoms with E-state index < -0.39 is 11.8 Å². The number of rotatable bonds is 3. The molecule has 6 fully saturated rings. The molecule has 6 saturated carbocycles. The second kappa shape index (κ2) is 3.49. The standard InChI is InChI=1S/C16H18O6/c1-20-13(17)5-4-7-10-8(4)12-9(6(5)14(18)21-2)11(7)16(10,12)15(19)22-3/h4-12H,1-3H3/t4?,5-,6-,7+,8+,9?,10?,11-,12-,16?/m0/s1. The predicted octanol–water partition coefficient (Wildman–Crippen LogP) is 0.106. The molecule has 22 heavy (non-hydrogen) atoms. The van der Waals surface area contributed by atoms with Crippen LogP contribution in [0.5, 0.6) is 0 Å². The molecule has 6 rings (SSSR count). The summed E-state index contributed by atoms with van der Waals surface area (Å²) in [5.41, 5.74) is -0.335. The third kappa shape index (κ3) is 0.863. The van der Waals surface area contributed by atoms with Crippen LogP contribution in [0.2, 0.25) is 0 Å². The van der Waals surface area contributed by atoms with Gasteiger partial charge in [-0.1, -0.05) is 0 Å². The number of carbonyl (C=O) groups excluding carboxylic acids is 3. The molecule has 0 heterocycles. The molecule has 2 bridgehead atoms. The summed E-state index contributed by atoms with van der Waals surface area (Å²) in [6.45, 7) is 0. The van der Waals surface area contributed by atoms with E-state index in [1.165, 1.54) is 21.3 Å². The summed E-state index contributed by atoms with van der Waals surface area (Å²) in [4.78, 5) is 36.8. The Labute approximate surface area is 127 Å². The summed E-state index contributed by atoms with van der Waals surface area (Å²) in [5.74, 6) is 0.240.